The third-order valence-electron chi connectivity index (χ3n) is 4.30. The molecule has 0 aliphatic rings. The van der Waals surface area contributed by atoms with Gasteiger partial charge in [0.25, 0.3) is 5.56 Å². The minimum atomic E-state index is -0.273. The van der Waals surface area contributed by atoms with Crippen LogP contribution in [0.15, 0.2) is 64.5 Å². The number of hydrogen-bond donors (Lipinski definition) is 2. The maximum Gasteiger partial charge on any atom is 0.251 e. The number of nitrogens with zero attached hydrogens (tertiary/aromatic N) is 1. The second-order valence-electron chi connectivity index (χ2n) is 6.42. The molecule has 0 aliphatic carbocycles. The van der Waals surface area contributed by atoms with E-state index in [0.717, 1.165) is 29.0 Å². The Balaban J connectivity index is 1.66. The third kappa shape index (κ3) is 5.96. The van der Waals surface area contributed by atoms with Crippen LogP contribution >= 0.6 is 11.8 Å². The van der Waals surface area contributed by atoms with Gasteiger partial charge in [-0.3, -0.25) is 9.59 Å². The van der Waals surface area contributed by atoms with E-state index in [-0.39, 0.29) is 17.9 Å². The standard InChI is InChI=1S/C22H23N3O3S/c1-3-16-8-4-5-10-19(16)24-20(26)12-17-13-21(27)25-22(23-17)29-14-15-7-6-9-18(11-15)28-2/h4-11,13H,3,12,14H2,1-2H3,(H,24,26)(H,23,25,27). The second-order valence-corrected chi connectivity index (χ2v) is 7.38. The fraction of sp³-hybridized carbons (Fsp3) is 0.227. The highest BCUT2D eigenvalue weighted by molar-refractivity contribution is 7.98. The van der Waals surface area contributed by atoms with Gasteiger partial charge in [0.2, 0.25) is 5.91 Å². The first-order chi connectivity index (χ1) is 14.1. The lowest BCUT2D eigenvalue weighted by atomic mass is 10.1. The van der Waals surface area contributed by atoms with Crippen LogP contribution in [-0.2, 0) is 23.4 Å². The highest BCUT2D eigenvalue weighted by Crippen LogP contribution is 2.22. The van der Waals surface area contributed by atoms with Crippen molar-refractivity contribution in [3.05, 3.63) is 81.8 Å². The molecule has 0 fully saturated rings. The van der Waals surface area contributed by atoms with Crippen LogP contribution in [0.2, 0.25) is 0 Å². The van der Waals surface area contributed by atoms with Gasteiger partial charge in [-0.05, 0) is 35.7 Å². The number of methoxy groups -OCH3 is 1. The van der Waals surface area contributed by atoms with Gasteiger partial charge in [-0.15, -0.1) is 0 Å². The number of aromatic amines is 1. The lowest BCUT2D eigenvalue weighted by Gasteiger charge is -2.10. The second kappa shape index (κ2) is 9.93. The van der Waals surface area contributed by atoms with E-state index in [2.05, 4.69) is 15.3 Å². The summed E-state index contributed by atoms with van der Waals surface area (Å²) in [4.78, 5) is 31.6. The van der Waals surface area contributed by atoms with Crippen LogP contribution in [0.4, 0.5) is 5.69 Å². The molecule has 3 aromatic rings. The number of H-pyrrole nitrogens is 1. The summed E-state index contributed by atoms with van der Waals surface area (Å²) in [6, 6.07) is 16.8. The van der Waals surface area contributed by atoms with Crippen LogP contribution in [0, 0.1) is 0 Å². The van der Waals surface area contributed by atoms with Crippen LogP contribution in [0.25, 0.3) is 0 Å². The molecule has 1 heterocycles. The Kier molecular flexibility index (Phi) is 7.08. The van der Waals surface area contributed by atoms with Gasteiger partial charge in [0.05, 0.1) is 19.2 Å². The van der Waals surface area contributed by atoms with E-state index in [0.29, 0.717) is 16.6 Å². The molecule has 6 nitrogen and oxygen atoms in total. The molecule has 0 radical (unpaired) electrons. The van der Waals surface area contributed by atoms with Crippen molar-refractivity contribution in [3.8, 4) is 5.75 Å². The number of rotatable bonds is 8. The third-order valence-corrected chi connectivity index (χ3v) is 5.24. The Bertz CT molecular complexity index is 1050. The predicted octanol–water partition coefficient (Wildman–Crippen LogP) is 3.81. The first-order valence-corrected chi connectivity index (χ1v) is 10.3. The summed E-state index contributed by atoms with van der Waals surface area (Å²) in [6.07, 6.45) is 0.861. The molecule has 1 aromatic heterocycles. The molecule has 0 unspecified atom stereocenters. The average Bonchev–Trinajstić information content (AvgIpc) is 2.72. The van der Waals surface area contributed by atoms with Gasteiger partial charge < -0.3 is 15.0 Å². The number of ether oxygens (including phenoxy) is 1. The summed E-state index contributed by atoms with van der Waals surface area (Å²) in [5.74, 6) is 1.20. The summed E-state index contributed by atoms with van der Waals surface area (Å²) < 4.78 is 5.23. The molecular weight excluding hydrogens is 386 g/mol. The van der Waals surface area contributed by atoms with E-state index in [1.807, 2.05) is 55.5 Å². The largest absolute Gasteiger partial charge is 0.497 e. The molecule has 2 N–H and O–H groups in total. The summed E-state index contributed by atoms with van der Waals surface area (Å²) >= 11 is 1.40. The Morgan fingerprint density at radius 1 is 1.17 bits per heavy atom. The number of aromatic nitrogens is 2. The van der Waals surface area contributed by atoms with E-state index in [4.69, 9.17) is 4.74 Å². The number of hydrogen-bond acceptors (Lipinski definition) is 5. The molecular formula is C22H23N3O3S. The van der Waals surface area contributed by atoms with Crippen molar-refractivity contribution in [1.82, 2.24) is 9.97 Å². The van der Waals surface area contributed by atoms with Gasteiger partial charge in [0, 0.05) is 17.5 Å². The maximum absolute atomic E-state index is 12.4. The van der Waals surface area contributed by atoms with Crippen molar-refractivity contribution in [3.63, 3.8) is 0 Å². The van der Waals surface area contributed by atoms with Crippen LogP contribution in [0.3, 0.4) is 0 Å². The number of para-hydroxylation sites is 1. The Morgan fingerprint density at radius 2 is 2.00 bits per heavy atom. The average molecular weight is 410 g/mol. The zero-order valence-electron chi connectivity index (χ0n) is 16.4. The molecule has 0 atom stereocenters. The number of thioether (sulfide) groups is 1. The Morgan fingerprint density at radius 3 is 2.79 bits per heavy atom. The van der Waals surface area contributed by atoms with Gasteiger partial charge in [-0.2, -0.15) is 0 Å². The number of amides is 1. The summed E-state index contributed by atoms with van der Waals surface area (Å²) in [6.45, 7) is 2.04. The SMILES string of the molecule is CCc1ccccc1NC(=O)Cc1cc(=O)[nH]c(SCc2cccc(OC)c2)n1. The quantitative estimate of drug-likeness (QED) is 0.437. The Labute approximate surface area is 173 Å². The van der Waals surface area contributed by atoms with E-state index in [1.54, 1.807) is 7.11 Å². The van der Waals surface area contributed by atoms with E-state index in [1.165, 1.54) is 17.8 Å². The molecule has 2 aromatic carbocycles. The number of anilines is 1. The minimum absolute atomic E-state index is 0.0364. The van der Waals surface area contributed by atoms with Gasteiger partial charge in [0.1, 0.15) is 5.75 Å². The molecule has 0 aliphatic heterocycles. The van der Waals surface area contributed by atoms with Gasteiger partial charge in [0.15, 0.2) is 5.16 Å². The summed E-state index contributed by atoms with van der Waals surface area (Å²) in [5, 5.41) is 3.39. The van der Waals surface area contributed by atoms with Crippen molar-refractivity contribution >= 4 is 23.4 Å². The van der Waals surface area contributed by atoms with E-state index < -0.39 is 0 Å². The van der Waals surface area contributed by atoms with Crippen molar-refractivity contribution in [2.45, 2.75) is 30.7 Å². The first-order valence-electron chi connectivity index (χ1n) is 9.31. The van der Waals surface area contributed by atoms with Crippen LogP contribution in [0.1, 0.15) is 23.7 Å². The van der Waals surface area contributed by atoms with Gasteiger partial charge in [-0.25, -0.2) is 4.98 Å². The fourth-order valence-corrected chi connectivity index (χ4v) is 3.70. The number of nitrogens with one attached hydrogen (secondary N) is 2. The molecule has 0 bridgehead atoms. The number of benzene rings is 2. The fourth-order valence-electron chi connectivity index (χ4n) is 2.87. The van der Waals surface area contributed by atoms with Crippen LogP contribution in [-0.4, -0.2) is 23.0 Å². The van der Waals surface area contributed by atoms with E-state index >= 15 is 0 Å². The highest BCUT2D eigenvalue weighted by atomic mass is 32.2. The van der Waals surface area contributed by atoms with Crippen LogP contribution in [0.5, 0.6) is 5.75 Å². The van der Waals surface area contributed by atoms with Gasteiger partial charge >= 0.3 is 0 Å². The van der Waals surface area contributed by atoms with Gasteiger partial charge in [-0.1, -0.05) is 49.0 Å². The monoisotopic (exact) mass is 409 g/mol. The predicted molar refractivity (Wildman–Crippen MR) is 116 cm³/mol. The molecule has 29 heavy (non-hydrogen) atoms. The number of carbonyl (C=O) groups excluding carboxylic acids is 1. The lowest BCUT2D eigenvalue weighted by Crippen LogP contribution is -2.19. The molecule has 1 amide bonds. The maximum atomic E-state index is 12.4. The molecule has 0 spiro atoms. The van der Waals surface area contributed by atoms with Crippen molar-refractivity contribution < 1.29 is 9.53 Å². The van der Waals surface area contributed by atoms with E-state index in [9.17, 15) is 9.59 Å². The molecule has 3 rings (SSSR count). The summed E-state index contributed by atoms with van der Waals surface area (Å²) in [7, 11) is 1.62. The number of aryl methyl sites for hydroxylation is 1. The normalized spacial score (nSPS) is 10.6. The van der Waals surface area contributed by atoms with Crippen molar-refractivity contribution in [1.29, 1.82) is 0 Å². The Hall–Kier alpha value is -3.06. The molecule has 7 heteroatoms. The van der Waals surface area contributed by atoms with Crippen LogP contribution < -0.4 is 15.6 Å². The zero-order chi connectivity index (χ0) is 20.6. The number of carbonyl (C=O) groups is 1. The smallest absolute Gasteiger partial charge is 0.251 e. The molecule has 0 saturated heterocycles. The zero-order valence-corrected chi connectivity index (χ0v) is 17.2. The first kappa shape index (κ1) is 20.7. The van der Waals surface area contributed by atoms with Crippen molar-refractivity contribution in [2.24, 2.45) is 0 Å². The molecule has 0 saturated carbocycles. The lowest BCUT2D eigenvalue weighted by molar-refractivity contribution is -0.115. The molecule has 150 valence electrons. The topological polar surface area (TPSA) is 84.1 Å². The van der Waals surface area contributed by atoms with Crippen molar-refractivity contribution in [2.75, 3.05) is 12.4 Å². The minimum Gasteiger partial charge on any atom is -0.497 e. The highest BCUT2D eigenvalue weighted by Gasteiger charge is 2.10. The summed E-state index contributed by atoms with van der Waals surface area (Å²) in [5.41, 5.74) is 3.07.